The number of pyridine rings is 1. The maximum atomic E-state index is 13.8. The largest absolute Gasteiger partial charge is 0.332 e. The summed E-state index contributed by atoms with van der Waals surface area (Å²) in [6.45, 7) is 1.29. The lowest BCUT2D eigenvalue weighted by Gasteiger charge is -2.28. The standard InChI is InChI=1S/C26H22N4O/c31-26(30-13-12-19-15-27-29-23(19)16-30)24-20-8-4-5-9-22(20)28-25-18(10-11-21(24)25)14-17-6-2-1-3-7-17/h1-9,14-15H,10-13,16H2,(H,27,29)/b18-14-. The molecule has 0 fully saturated rings. The van der Waals surface area contributed by atoms with E-state index in [1.807, 2.05) is 53.6 Å². The number of aromatic nitrogens is 3. The third-order valence-corrected chi connectivity index (χ3v) is 6.39. The monoisotopic (exact) mass is 406 g/mol. The molecular weight excluding hydrogens is 384 g/mol. The van der Waals surface area contributed by atoms with Crippen molar-refractivity contribution in [2.75, 3.05) is 6.54 Å². The summed E-state index contributed by atoms with van der Waals surface area (Å²) in [5.74, 6) is 0.0936. The SMILES string of the molecule is O=C(c1c2c(nc3ccccc13)/C(=C\c1ccccc1)CC2)N1CCc2cn[nH]c2C1. The highest BCUT2D eigenvalue weighted by atomic mass is 16.2. The highest BCUT2D eigenvalue weighted by Crippen LogP contribution is 2.38. The van der Waals surface area contributed by atoms with Gasteiger partial charge in [-0.3, -0.25) is 9.89 Å². The van der Waals surface area contributed by atoms with Crippen molar-refractivity contribution in [1.29, 1.82) is 0 Å². The van der Waals surface area contributed by atoms with Gasteiger partial charge in [-0.15, -0.1) is 0 Å². The number of carbonyl (C=O) groups is 1. The number of hydrogen-bond acceptors (Lipinski definition) is 3. The second kappa shape index (κ2) is 7.20. The first-order valence-electron chi connectivity index (χ1n) is 10.8. The van der Waals surface area contributed by atoms with E-state index in [2.05, 4.69) is 28.4 Å². The lowest BCUT2D eigenvalue weighted by Crippen LogP contribution is -2.36. The van der Waals surface area contributed by atoms with Gasteiger partial charge in [0.1, 0.15) is 0 Å². The van der Waals surface area contributed by atoms with Gasteiger partial charge in [0.05, 0.1) is 35.2 Å². The lowest BCUT2D eigenvalue weighted by atomic mass is 9.98. The van der Waals surface area contributed by atoms with Crippen LogP contribution in [0.3, 0.4) is 0 Å². The number of benzene rings is 2. The molecule has 1 amide bonds. The van der Waals surface area contributed by atoms with E-state index in [9.17, 15) is 4.79 Å². The number of fused-ring (bicyclic) bond motifs is 3. The van der Waals surface area contributed by atoms with E-state index in [4.69, 9.17) is 4.98 Å². The van der Waals surface area contributed by atoms with E-state index in [-0.39, 0.29) is 5.91 Å². The topological polar surface area (TPSA) is 61.9 Å². The molecular formula is C26H22N4O. The number of amides is 1. The highest BCUT2D eigenvalue weighted by molar-refractivity contribution is 6.09. The molecule has 1 aliphatic carbocycles. The summed E-state index contributed by atoms with van der Waals surface area (Å²) in [7, 11) is 0. The van der Waals surface area contributed by atoms with Crippen molar-refractivity contribution < 1.29 is 4.79 Å². The zero-order valence-electron chi connectivity index (χ0n) is 17.1. The predicted octanol–water partition coefficient (Wildman–Crippen LogP) is 4.64. The Kier molecular flexibility index (Phi) is 4.20. The van der Waals surface area contributed by atoms with Crippen LogP contribution >= 0.6 is 0 Å². The fraction of sp³-hybridized carbons (Fsp3) is 0.192. The maximum Gasteiger partial charge on any atom is 0.255 e. The van der Waals surface area contributed by atoms with Gasteiger partial charge in [0.2, 0.25) is 0 Å². The van der Waals surface area contributed by atoms with Gasteiger partial charge in [-0.2, -0.15) is 5.10 Å². The van der Waals surface area contributed by atoms with Gasteiger partial charge in [0.15, 0.2) is 0 Å². The number of carbonyl (C=O) groups excluding carboxylic acids is 1. The smallest absolute Gasteiger partial charge is 0.255 e. The number of hydrogen-bond donors (Lipinski definition) is 1. The van der Waals surface area contributed by atoms with Crippen LogP contribution in [0.4, 0.5) is 0 Å². The van der Waals surface area contributed by atoms with Crippen LogP contribution in [0.1, 0.15) is 44.9 Å². The highest BCUT2D eigenvalue weighted by Gasteiger charge is 2.30. The first-order valence-corrected chi connectivity index (χ1v) is 10.8. The van der Waals surface area contributed by atoms with Crippen molar-refractivity contribution in [3.05, 3.63) is 94.4 Å². The molecule has 2 aliphatic rings. The molecule has 2 aromatic heterocycles. The Hall–Kier alpha value is -3.73. The Bertz CT molecular complexity index is 1340. The van der Waals surface area contributed by atoms with Gasteiger partial charge in [0, 0.05) is 11.9 Å². The average Bonchev–Trinajstić information content (AvgIpc) is 3.44. The number of para-hydroxylation sites is 1. The Morgan fingerprint density at radius 3 is 2.74 bits per heavy atom. The van der Waals surface area contributed by atoms with Crippen molar-refractivity contribution in [1.82, 2.24) is 20.1 Å². The van der Waals surface area contributed by atoms with Crippen LogP contribution in [0.2, 0.25) is 0 Å². The van der Waals surface area contributed by atoms with Crippen LogP contribution < -0.4 is 0 Å². The summed E-state index contributed by atoms with van der Waals surface area (Å²) < 4.78 is 0. The number of H-pyrrole nitrogens is 1. The number of nitrogens with one attached hydrogen (secondary N) is 1. The van der Waals surface area contributed by atoms with Crippen molar-refractivity contribution in [2.24, 2.45) is 0 Å². The fourth-order valence-electron chi connectivity index (χ4n) is 4.82. The van der Waals surface area contributed by atoms with Crippen LogP contribution in [0, 0.1) is 0 Å². The minimum atomic E-state index is 0.0936. The molecule has 6 rings (SSSR count). The van der Waals surface area contributed by atoms with E-state index in [0.29, 0.717) is 13.1 Å². The molecule has 0 atom stereocenters. The molecule has 0 saturated carbocycles. The Morgan fingerprint density at radius 2 is 1.84 bits per heavy atom. The summed E-state index contributed by atoms with van der Waals surface area (Å²) in [4.78, 5) is 20.8. The lowest BCUT2D eigenvalue weighted by molar-refractivity contribution is 0.0733. The molecule has 5 nitrogen and oxygen atoms in total. The van der Waals surface area contributed by atoms with Crippen LogP contribution in [-0.2, 0) is 19.4 Å². The van der Waals surface area contributed by atoms with Crippen LogP contribution in [0.15, 0.2) is 60.8 Å². The predicted molar refractivity (Wildman–Crippen MR) is 121 cm³/mol. The first kappa shape index (κ1) is 18.1. The molecule has 1 aliphatic heterocycles. The number of allylic oxidation sites excluding steroid dienone is 1. The molecule has 1 N–H and O–H groups in total. The van der Waals surface area contributed by atoms with Crippen LogP contribution in [0.25, 0.3) is 22.6 Å². The fourth-order valence-corrected chi connectivity index (χ4v) is 4.82. The summed E-state index contributed by atoms with van der Waals surface area (Å²) in [5.41, 5.74) is 8.38. The zero-order valence-corrected chi connectivity index (χ0v) is 17.1. The molecule has 4 aromatic rings. The van der Waals surface area contributed by atoms with Crippen molar-refractivity contribution in [2.45, 2.75) is 25.8 Å². The van der Waals surface area contributed by atoms with E-state index in [0.717, 1.165) is 58.2 Å². The molecule has 0 unspecified atom stereocenters. The van der Waals surface area contributed by atoms with E-state index < -0.39 is 0 Å². The summed E-state index contributed by atoms with van der Waals surface area (Å²) in [6, 6.07) is 18.3. The Balaban J connectivity index is 1.47. The molecule has 5 heteroatoms. The van der Waals surface area contributed by atoms with Gasteiger partial charge in [-0.1, -0.05) is 48.5 Å². The van der Waals surface area contributed by atoms with Gasteiger partial charge < -0.3 is 4.90 Å². The summed E-state index contributed by atoms with van der Waals surface area (Å²) >= 11 is 0. The summed E-state index contributed by atoms with van der Waals surface area (Å²) in [5, 5.41) is 8.15. The number of rotatable bonds is 2. The van der Waals surface area contributed by atoms with Crippen molar-refractivity contribution in [3.8, 4) is 0 Å². The molecule has 0 spiro atoms. The van der Waals surface area contributed by atoms with E-state index in [1.165, 1.54) is 11.1 Å². The second-order valence-corrected chi connectivity index (χ2v) is 8.26. The van der Waals surface area contributed by atoms with Gasteiger partial charge >= 0.3 is 0 Å². The average molecular weight is 406 g/mol. The molecule has 0 radical (unpaired) electrons. The van der Waals surface area contributed by atoms with Crippen molar-refractivity contribution in [3.63, 3.8) is 0 Å². The van der Waals surface area contributed by atoms with Gasteiger partial charge in [0.25, 0.3) is 5.91 Å². The zero-order chi connectivity index (χ0) is 20.8. The minimum Gasteiger partial charge on any atom is -0.332 e. The van der Waals surface area contributed by atoms with E-state index in [1.54, 1.807) is 0 Å². The summed E-state index contributed by atoms with van der Waals surface area (Å²) in [6.07, 6.45) is 6.66. The molecule has 0 saturated heterocycles. The van der Waals surface area contributed by atoms with Crippen LogP contribution in [0.5, 0.6) is 0 Å². The van der Waals surface area contributed by atoms with Gasteiger partial charge in [-0.05, 0) is 53.7 Å². The quantitative estimate of drug-likeness (QED) is 0.527. The minimum absolute atomic E-state index is 0.0936. The third-order valence-electron chi connectivity index (χ3n) is 6.39. The second-order valence-electron chi connectivity index (χ2n) is 8.26. The number of nitrogens with zero attached hydrogens (tertiary/aromatic N) is 3. The maximum absolute atomic E-state index is 13.8. The normalized spacial score (nSPS) is 16.5. The first-order chi connectivity index (χ1) is 15.3. The van der Waals surface area contributed by atoms with Gasteiger partial charge in [-0.25, -0.2) is 4.98 Å². The Morgan fingerprint density at radius 1 is 1.00 bits per heavy atom. The molecule has 3 heterocycles. The molecule has 31 heavy (non-hydrogen) atoms. The molecule has 152 valence electrons. The third kappa shape index (κ3) is 3.05. The number of aromatic amines is 1. The van der Waals surface area contributed by atoms with Crippen LogP contribution in [-0.4, -0.2) is 32.5 Å². The molecule has 2 aromatic carbocycles. The Labute approximate surface area is 180 Å². The van der Waals surface area contributed by atoms with Crippen molar-refractivity contribution >= 4 is 28.5 Å². The molecule has 0 bridgehead atoms. The van der Waals surface area contributed by atoms with E-state index >= 15 is 0 Å².